The zero-order valence-corrected chi connectivity index (χ0v) is 18.3. The standard InChI is InChI=1S/C21H23N3O4S2/c1-28-10-4-9-24-20(27)18-15-7-3-8-16(15)30-19(18)23-21(24)29-12-17(26)22-13-5-2-6-14(25)11-13/h2,5-6,11,25H,3-4,7-10,12H2,1H3,(H,22,26). The van der Waals surface area contributed by atoms with Gasteiger partial charge in [0.05, 0.1) is 11.1 Å². The molecule has 0 atom stereocenters. The molecule has 0 aliphatic heterocycles. The number of aromatic nitrogens is 2. The number of anilines is 1. The van der Waals surface area contributed by atoms with E-state index >= 15 is 0 Å². The zero-order valence-electron chi connectivity index (χ0n) is 16.6. The summed E-state index contributed by atoms with van der Waals surface area (Å²) in [5.74, 6) is -0.0226. The van der Waals surface area contributed by atoms with Gasteiger partial charge in [0.25, 0.3) is 5.56 Å². The van der Waals surface area contributed by atoms with E-state index in [0.717, 1.165) is 35.0 Å². The summed E-state index contributed by atoms with van der Waals surface area (Å²) in [6.45, 7) is 1.05. The highest BCUT2D eigenvalue weighted by Crippen LogP contribution is 2.35. The SMILES string of the molecule is COCCCn1c(SCC(=O)Nc2cccc(O)c2)nc2sc3c(c2c1=O)CCC3. The van der Waals surface area contributed by atoms with Crippen LogP contribution < -0.4 is 10.9 Å². The maximum absolute atomic E-state index is 13.3. The van der Waals surface area contributed by atoms with E-state index in [4.69, 9.17) is 9.72 Å². The van der Waals surface area contributed by atoms with Gasteiger partial charge in [-0.25, -0.2) is 4.98 Å². The summed E-state index contributed by atoms with van der Waals surface area (Å²) in [7, 11) is 1.64. The fourth-order valence-corrected chi connectivity index (χ4v) is 5.77. The first-order valence-electron chi connectivity index (χ1n) is 9.82. The Bertz CT molecular complexity index is 1140. The molecule has 158 valence electrons. The maximum atomic E-state index is 13.3. The number of benzene rings is 1. The number of carbonyl (C=O) groups is 1. The summed E-state index contributed by atoms with van der Waals surface area (Å²) in [6, 6.07) is 6.40. The highest BCUT2D eigenvalue weighted by atomic mass is 32.2. The molecule has 9 heteroatoms. The number of amides is 1. The van der Waals surface area contributed by atoms with Gasteiger partial charge in [-0.2, -0.15) is 0 Å². The van der Waals surface area contributed by atoms with Crippen molar-refractivity contribution in [1.29, 1.82) is 0 Å². The number of rotatable bonds is 8. The normalized spacial score (nSPS) is 13.0. The molecule has 7 nitrogen and oxygen atoms in total. The Labute approximate surface area is 182 Å². The predicted molar refractivity (Wildman–Crippen MR) is 120 cm³/mol. The van der Waals surface area contributed by atoms with Gasteiger partial charge >= 0.3 is 0 Å². The molecular formula is C21H23N3O4S2. The summed E-state index contributed by atoms with van der Waals surface area (Å²) in [5.41, 5.74) is 1.66. The lowest BCUT2D eigenvalue weighted by atomic mass is 10.2. The number of fused-ring (bicyclic) bond motifs is 3. The summed E-state index contributed by atoms with van der Waals surface area (Å²) in [4.78, 5) is 32.5. The molecule has 2 aromatic heterocycles. The Morgan fingerprint density at radius 3 is 3.07 bits per heavy atom. The number of phenolic OH excluding ortho intramolecular Hbond substituents is 1. The van der Waals surface area contributed by atoms with E-state index in [2.05, 4.69) is 5.32 Å². The molecule has 30 heavy (non-hydrogen) atoms. The molecule has 0 fully saturated rings. The van der Waals surface area contributed by atoms with E-state index in [0.29, 0.717) is 30.4 Å². The maximum Gasteiger partial charge on any atom is 0.263 e. The highest BCUT2D eigenvalue weighted by Gasteiger charge is 2.23. The minimum absolute atomic E-state index is 0.0219. The van der Waals surface area contributed by atoms with Crippen molar-refractivity contribution in [2.75, 3.05) is 24.8 Å². The number of methoxy groups -OCH3 is 1. The summed E-state index contributed by atoms with van der Waals surface area (Å²) >= 11 is 2.85. The van der Waals surface area contributed by atoms with Crippen LogP contribution in [0.3, 0.4) is 0 Å². The molecule has 0 saturated carbocycles. The third-order valence-electron chi connectivity index (χ3n) is 4.98. The fraction of sp³-hybridized carbons (Fsp3) is 0.381. The summed E-state index contributed by atoms with van der Waals surface area (Å²) < 4.78 is 6.82. The predicted octanol–water partition coefficient (Wildman–Crippen LogP) is 3.42. The molecule has 1 aliphatic carbocycles. The quantitative estimate of drug-likeness (QED) is 0.314. The highest BCUT2D eigenvalue weighted by molar-refractivity contribution is 7.99. The second kappa shape index (κ2) is 9.20. The Morgan fingerprint density at radius 1 is 1.40 bits per heavy atom. The van der Waals surface area contributed by atoms with E-state index in [1.807, 2.05) is 0 Å². The number of aryl methyl sites for hydroxylation is 2. The molecule has 2 N–H and O–H groups in total. The number of hydrogen-bond donors (Lipinski definition) is 2. The first kappa shape index (κ1) is 20.9. The monoisotopic (exact) mass is 445 g/mol. The minimum atomic E-state index is -0.225. The number of ether oxygens (including phenoxy) is 1. The van der Waals surface area contributed by atoms with E-state index in [1.54, 1.807) is 41.2 Å². The molecule has 1 aromatic carbocycles. The van der Waals surface area contributed by atoms with Gasteiger partial charge in [0.2, 0.25) is 5.91 Å². The first-order valence-corrected chi connectivity index (χ1v) is 11.6. The number of nitrogens with zero attached hydrogens (tertiary/aromatic N) is 2. The van der Waals surface area contributed by atoms with E-state index < -0.39 is 0 Å². The zero-order chi connectivity index (χ0) is 21.1. The van der Waals surface area contributed by atoms with Gasteiger partial charge in [-0.15, -0.1) is 11.3 Å². The fourth-order valence-electron chi connectivity index (χ4n) is 3.64. The van der Waals surface area contributed by atoms with Crippen molar-refractivity contribution in [1.82, 2.24) is 9.55 Å². The van der Waals surface area contributed by atoms with Crippen LogP contribution in [0.1, 0.15) is 23.3 Å². The van der Waals surface area contributed by atoms with Crippen molar-refractivity contribution in [3.05, 3.63) is 45.1 Å². The number of phenols is 1. The van der Waals surface area contributed by atoms with Gasteiger partial charge < -0.3 is 15.2 Å². The molecule has 0 saturated heterocycles. The number of thioether (sulfide) groups is 1. The van der Waals surface area contributed by atoms with Crippen LogP contribution >= 0.6 is 23.1 Å². The molecule has 0 spiro atoms. The molecule has 4 rings (SSSR count). The van der Waals surface area contributed by atoms with Crippen molar-refractivity contribution in [2.24, 2.45) is 0 Å². The molecule has 1 aliphatic rings. The third kappa shape index (κ3) is 4.38. The number of aromatic hydroxyl groups is 1. The van der Waals surface area contributed by atoms with Gasteiger partial charge in [0.15, 0.2) is 5.16 Å². The van der Waals surface area contributed by atoms with Gasteiger partial charge in [-0.05, 0) is 43.4 Å². The van der Waals surface area contributed by atoms with E-state index in [1.165, 1.54) is 22.7 Å². The van der Waals surface area contributed by atoms with Crippen molar-refractivity contribution < 1.29 is 14.6 Å². The van der Waals surface area contributed by atoms with Gasteiger partial charge in [-0.3, -0.25) is 14.2 Å². The van der Waals surface area contributed by atoms with Crippen LogP contribution in [0.5, 0.6) is 5.75 Å². The Balaban J connectivity index is 1.57. The van der Waals surface area contributed by atoms with Gasteiger partial charge in [0, 0.05) is 36.9 Å². The largest absolute Gasteiger partial charge is 0.508 e. The topological polar surface area (TPSA) is 93.4 Å². The number of thiophene rings is 1. The second-order valence-electron chi connectivity index (χ2n) is 7.12. The van der Waals surface area contributed by atoms with Crippen molar-refractivity contribution >= 4 is 44.9 Å². The van der Waals surface area contributed by atoms with Crippen LogP contribution in [0.2, 0.25) is 0 Å². The lowest BCUT2D eigenvalue weighted by Crippen LogP contribution is -2.25. The van der Waals surface area contributed by atoms with Gasteiger partial charge in [-0.1, -0.05) is 17.8 Å². The Morgan fingerprint density at radius 2 is 2.27 bits per heavy atom. The number of hydrogen-bond acceptors (Lipinski definition) is 7. The van der Waals surface area contributed by atoms with E-state index in [9.17, 15) is 14.7 Å². The lowest BCUT2D eigenvalue weighted by molar-refractivity contribution is -0.113. The molecule has 0 radical (unpaired) electrons. The van der Waals surface area contributed by atoms with Crippen LogP contribution in [0.25, 0.3) is 10.2 Å². The number of carbonyl (C=O) groups excluding carboxylic acids is 1. The summed E-state index contributed by atoms with van der Waals surface area (Å²) in [6.07, 6.45) is 3.72. The average molecular weight is 446 g/mol. The molecular weight excluding hydrogens is 422 g/mol. The number of nitrogens with one attached hydrogen (secondary N) is 1. The van der Waals surface area contributed by atoms with Crippen LogP contribution in [-0.4, -0.2) is 40.0 Å². The Hall–Kier alpha value is -2.36. The first-order chi connectivity index (χ1) is 14.6. The molecule has 0 bridgehead atoms. The van der Waals surface area contributed by atoms with Crippen molar-refractivity contribution in [2.45, 2.75) is 37.4 Å². The van der Waals surface area contributed by atoms with E-state index in [-0.39, 0.29) is 23.0 Å². The summed E-state index contributed by atoms with van der Waals surface area (Å²) in [5, 5.41) is 13.6. The molecule has 0 unspecified atom stereocenters. The Kier molecular flexibility index (Phi) is 6.40. The van der Waals surface area contributed by atoms with Crippen LogP contribution in [0, 0.1) is 0 Å². The average Bonchev–Trinajstić information content (AvgIpc) is 3.29. The van der Waals surface area contributed by atoms with Gasteiger partial charge in [0.1, 0.15) is 10.6 Å². The minimum Gasteiger partial charge on any atom is -0.508 e. The smallest absolute Gasteiger partial charge is 0.263 e. The van der Waals surface area contributed by atoms with Crippen LogP contribution in [0.4, 0.5) is 5.69 Å². The van der Waals surface area contributed by atoms with Crippen LogP contribution in [-0.2, 0) is 28.9 Å². The molecule has 2 heterocycles. The molecule has 1 amide bonds. The van der Waals surface area contributed by atoms with Crippen molar-refractivity contribution in [3.8, 4) is 5.75 Å². The third-order valence-corrected chi connectivity index (χ3v) is 7.14. The van der Waals surface area contributed by atoms with Crippen LogP contribution in [0.15, 0.2) is 34.2 Å². The molecule has 3 aromatic rings. The second-order valence-corrected chi connectivity index (χ2v) is 9.15. The van der Waals surface area contributed by atoms with Crippen molar-refractivity contribution in [3.63, 3.8) is 0 Å². The lowest BCUT2D eigenvalue weighted by Gasteiger charge is -2.12.